The molecule has 0 aromatic carbocycles. The van der Waals surface area contributed by atoms with Gasteiger partial charge >= 0.3 is 11.9 Å². The van der Waals surface area contributed by atoms with Crippen LogP contribution in [0.3, 0.4) is 0 Å². The Kier molecular flexibility index (Phi) is 4.76. The lowest BCUT2D eigenvalue weighted by Crippen LogP contribution is -2.19. The molecule has 0 rings (SSSR count). The topological polar surface area (TPSA) is 83.8 Å². The molecule has 0 heterocycles. The van der Waals surface area contributed by atoms with Crippen LogP contribution in [0.25, 0.3) is 0 Å². The van der Waals surface area contributed by atoms with Gasteiger partial charge in [-0.25, -0.2) is 9.59 Å². The van der Waals surface area contributed by atoms with E-state index in [1.807, 2.05) is 0 Å². The van der Waals surface area contributed by atoms with Gasteiger partial charge in [-0.1, -0.05) is 0 Å². The average Bonchev–Trinajstić information content (AvgIpc) is 1.99. The van der Waals surface area contributed by atoms with Crippen molar-refractivity contribution in [3.05, 3.63) is 11.6 Å². The van der Waals surface area contributed by atoms with Crippen LogP contribution in [0.1, 0.15) is 13.8 Å². The van der Waals surface area contributed by atoms with E-state index in [1.54, 1.807) is 6.92 Å². The fourth-order valence-electron chi connectivity index (χ4n) is 0.826. The van der Waals surface area contributed by atoms with Crippen LogP contribution in [0, 0.1) is 0 Å². The summed E-state index contributed by atoms with van der Waals surface area (Å²) < 4.78 is 4.95. The summed E-state index contributed by atoms with van der Waals surface area (Å²) >= 11 is 0. The van der Waals surface area contributed by atoms with Gasteiger partial charge in [0, 0.05) is 12.7 Å². The second-order valence-corrected chi connectivity index (χ2v) is 2.34. The highest BCUT2D eigenvalue weighted by atomic mass is 16.5. The molecule has 0 aliphatic carbocycles. The van der Waals surface area contributed by atoms with Crippen LogP contribution in [-0.4, -0.2) is 34.9 Å². The summed E-state index contributed by atoms with van der Waals surface area (Å²) in [7, 11) is 0. The Morgan fingerprint density at radius 3 is 2.31 bits per heavy atom. The zero-order valence-electron chi connectivity index (χ0n) is 7.48. The molecule has 0 radical (unpaired) electrons. The van der Waals surface area contributed by atoms with Crippen LogP contribution in [0.4, 0.5) is 0 Å². The highest BCUT2D eigenvalue weighted by Crippen LogP contribution is 2.06. The summed E-state index contributed by atoms with van der Waals surface area (Å²) in [5.74, 6) is -2.56. The molecule has 74 valence electrons. The van der Waals surface area contributed by atoms with Crippen LogP contribution in [0.5, 0.6) is 0 Å². The van der Waals surface area contributed by atoms with E-state index in [-0.39, 0.29) is 5.57 Å². The van der Waals surface area contributed by atoms with Crippen molar-refractivity contribution in [1.82, 2.24) is 0 Å². The Balaban J connectivity index is 4.60. The third kappa shape index (κ3) is 4.27. The summed E-state index contributed by atoms with van der Waals surface area (Å²) in [5.41, 5.74) is -0.255. The van der Waals surface area contributed by atoms with Gasteiger partial charge in [-0.15, -0.1) is 0 Å². The van der Waals surface area contributed by atoms with Gasteiger partial charge in [0.2, 0.25) is 0 Å². The maximum absolute atomic E-state index is 10.5. The Labute approximate surface area is 75.6 Å². The van der Waals surface area contributed by atoms with E-state index in [0.717, 1.165) is 0 Å². The smallest absolute Gasteiger partial charge is 0.334 e. The van der Waals surface area contributed by atoms with E-state index in [0.29, 0.717) is 12.7 Å². The molecule has 0 amide bonds. The van der Waals surface area contributed by atoms with Crippen molar-refractivity contribution in [2.45, 2.75) is 20.0 Å². The normalized spacial score (nSPS) is 13.8. The third-order valence-electron chi connectivity index (χ3n) is 1.38. The number of hydrogen-bond acceptors (Lipinski definition) is 3. The number of hydrogen-bond donors (Lipinski definition) is 2. The van der Waals surface area contributed by atoms with Gasteiger partial charge in [0.25, 0.3) is 0 Å². The van der Waals surface area contributed by atoms with Gasteiger partial charge < -0.3 is 14.9 Å². The van der Waals surface area contributed by atoms with Crippen molar-refractivity contribution in [3.63, 3.8) is 0 Å². The van der Waals surface area contributed by atoms with Crippen molar-refractivity contribution >= 4 is 11.9 Å². The lowest BCUT2D eigenvalue weighted by atomic mass is 10.1. The fraction of sp³-hybridized carbons (Fsp3) is 0.500. The van der Waals surface area contributed by atoms with E-state index in [2.05, 4.69) is 0 Å². The van der Waals surface area contributed by atoms with E-state index in [4.69, 9.17) is 14.9 Å². The zero-order chi connectivity index (χ0) is 10.4. The lowest BCUT2D eigenvalue weighted by Gasteiger charge is -2.11. The number of carboxylic acids is 2. The Morgan fingerprint density at radius 2 is 2.00 bits per heavy atom. The summed E-state index contributed by atoms with van der Waals surface area (Å²) in [4.78, 5) is 20.8. The van der Waals surface area contributed by atoms with Crippen molar-refractivity contribution < 1.29 is 24.5 Å². The third-order valence-corrected chi connectivity index (χ3v) is 1.38. The predicted molar refractivity (Wildman–Crippen MR) is 44.4 cm³/mol. The minimum absolute atomic E-state index is 0.255. The van der Waals surface area contributed by atoms with Gasteiger partial charge in [0.1, 0.15) is 0 Å². The molecule has 2 N–H and O–H groups in total. The lowest BCUT2D eigenvalue weighted by molar-refractivity contribution is -0.136. The Hall–Kier alpha value is -1.36. The molecule has 5 nitrogen and oxygen atoms in total. The van der Waals surface area contributed by atoms with Crippen LogP contribution < -0.4 is 0 Å². The molecule has 0 saturated heterocycles. The summed E-state index contributed by atoms with van der Waals surface area (Å²) in [6.45, 7) is 3.54. The van der Waals surface area contributed by atoms with Crippen molar-refractivity contribution in [2.75, 3.05) is 6.61 Å². The van der Waals surface area contributed by atoms with E-state index < -0.39 is 18.0 Å². The molecule has 0 fully saturated rings. The minimum Gasteiger partial charge on any atom is -0.478 e. The first-order valence-electron chi connectivity index (χ1n) is 3.78. The van der Waals surface area contributed by atoms with Crippen LogP contribution >= 0.6 is 0 Å². The minimum atomic E-state index is -1.29. The molecule has 0 aliphatic rings. The van der Waals surface area contributed by atoms with Crippen LogP contribution in [-0.2, 0) is 14.3 Å². The standard InChI is InChI=1S/C8H12O5/c1-3-13-5(2)6(8(11)12)4-7(9)10/h4-5H,3H2,1-2H3,(H,9,10)(H,11,12). The molecule has 0 aromatic heterocycles. The van der Waals surface area contributed by atoms with Crippen LogP contribution in [0.2, 0.25) is 0 Å². The first kappa shape index (κ1) is 11.6. The average molecular weight is 188 g/mol. The molecular weight excluding hydrogens is 176 g/mol. The Bertz CT molecular complexity index is 231. The second kappa shape index (κ2) is 5.31. The van der Waals surface area contributed by atoms with Crippen molar-refractivity contribution in [2.24, 2.45) is 0 Å². The molecule has 0 aromatic rings. The van der Waals surface area contributed by atoms with E-state index in [9.17, 15) is 9.59 Å². The second-order valence-electron chi connectivity index (χ2n) is 2.34. The molecule has 0 spiro atoms. The maximum Gasteiger partial charge on any atom is 0.334 e. The molecule has 0 aliphatic heterocycles. The fourth-order valence-corrected chi connectivity index (χ4v) is 0.826. The van der Waals surface area contributed by atoms with E-state index in [1.165, 1.54) is 6.92 Å². The highest BCUT2D eigenvalue weighted by molar-refractivity contribution is 5.95. The summed E-state index contributed by atoms with van der Waals surface area (Å²) in [6.07, 6.45) is -0.0681. The first-order chi connectivity index (χ1) is 5.99. The van der Waals surface area contributed by atoms with Gasteiger partial charge in [0.05, 0.1) is 11.7 Å². The van der Waals surface area contributed by atoms with E-state index >= 15 is 0 Å². The number of aliphatic carboxylic acids is 2. The number of rotatable bonds is 5. The predicted octanol–water partition coefficient (Wildman–Crippen LogP) is 0.507. The summed E-state index contributed by atoms with van der Waals surface area (Å²) in [5, 5.41) is 17.0. The van der Waals surface area contributed by atoms with Gasteiger partial charge in [-0.2, -0.15) is 0 Å². The van der Waals surface area contributed by atoms with Crippen LogP contribution in [0.15, 0.2) is 11.6 Å². The molecular formula is C8H12O5. The van der Waals surface area contributed by atoms with Crippen molar-refractivity contribution in [1.29, 1.82) is 0 Å². The first-order valence-corrected chi connectivity index (χ1v) is 3.78. The number of ether oxygens (including phenoxy) is 1. The monoisotopic (exact) mass is 188 g/mol. The largest absolute Gasteiger partial charge is 0.478 e. The number of carboxylic acid groups (broad SMARTS) is 2. The zero-order valence-corrected chi connectivity index (χ0v) is 7.48. The van der Waals surface area contributed by atoms with Crippen molar-refractivity contribution in [3.8, 4) is 0 Å². The number of carbonyl (C=O) groups is 2. The molecule has 13 heavy (non-hydrogen) atoms. The molecule has 0 saturated carbocycles. The maximum atomic E-state index is 10.5. The Morgan fingerprint density at radius 1 is 1.46 bits per heavy atom. The van der Waals surface area contributed by atoms with Gasteiger partial charge in [-0.3, -0.25) is 0 Å². The summed E-state index contributed by atoms with van der Waals surface area (Å²) in [6, 6.07) is 0. The molecule has 5 heteroatoms. The van der Waals surface area contributed by atoms with Gasteiger partial charge in [-0.05, 0) is 13.8 Å². The quantitative estimate of drug-likeness (QED) is 0.614. The molecule has 0 bridgehead atoms. The highest BCUT2D eigenvalue weighted by Gasteiger charge is 2.17. The van der Waals surface area contributed by atoms with Gasteiger partial charge in [0.15, 0.2) is 0 Å². The SMILES string of the molecule is CCOC(C)C(=CC(=O)O)C(=O)O. The molecule has 1 unspecified atom stereocenters. The molecule has 1 atom stereocenters.